The highest BCUT2D eigenvalue weighted by atomic mass is 35.5. The highest BCUT2D eigenvalue weighted by molar-refractivity contribution is 8.14. The number of rotatable bonds is 10. The molecule has 3 N–H and O–H groups in total. The molecule has 0 heterocycles. The predicted molar refractivity (Wildman–Crippen MR) is 135 cm³/mol. The Kier molecular flexibility index (Phi) is 16.5. The third kappa shape index (κ3) is 13.0. The summed E-state index contributed by atoms with van der Waals surface area (Å²) in [6.07, 6.45) is 3.66. The lowest BCUT2D eigenvalue weighted by Crippen LogP contribution is -2.18. The first-order valence-electron chi connectivity index (χ1n) is 9.01. The number of hydrogen-bond acceptors (Lipinski definition) is 4. The van der Waals surface area contributed by atoms with Gasteiger partial charge in [-0.3, -0.25) is 4.79 Å². The fraction of sp³-hybridized carbons (Fsp3) is 0.333. The van der Waals surface area contributed by atoms with Crippen molar-refractivity contribution in [2.45, 2.75) is 24.9 Å². The van der Waals surface area contributed by atoms with Gasteiger partial charge >= 0.3 is 0 Å². The van der Waals surface area contributed by atoms with Crippen molar-refractivity contribution in [3.63, 3.8) is 0 Å². The average molecular weight is 493 g/mol. The van der Waals surface area contributed by atoms with E-state index in [1.807, 2.05) is 24.3 Å². The molecule has 1 amide bonds. The Hall–Kier alpha value is -1.41. The second-order valence-corrected chi connectivity index (χ2v) is 8.56. The maximum absolute atomic E-state index is 14.3. The van der Waals surface area contributed by atoms with Crippen LogP contribution in [0, 0.1) is 5.92 Å². The van der Waals surface area contributed by atoms with E-state index < -0.39 is 6.17 Å². The molecule has 166 valence electrons. The van der Waals surface area contributed by atoms with Crippen LogP contribution in [0.15, 0.2) is 70.7 Å². The Morgan fingerprint density at radius 2 is 1.97 bits per heavy atom. The van der Waals surface area contributed by atoms with Crippen LogP contribution < -0.4 is 11.1 Å². The third-order valence-corrected chi connectivity index (χ3v) is 6.22. The van der Waals surface area contributed by atoms with Gasteiger partial charge in [-0.1, -0.05) is 49.0 Å². The number of carbonyl (C=O) groups excluding carboxylic acids is 1. The topological polar surface area (TPSA) is 67.5 Å². The number of benzene rings is 1. The van der Waals surface area contributed by atoms with Gasteiger partial charge in [0.25, 0.3) is 0 Å². The number of aliphatic imine (C=N–C) groups is 1. The molecular formula is C21H28Cl2FN3OS2. The second-order valence-electron chi connectivity index (χ2n) is 5.75. The molecule has 0 aliphatic heterocycles. The predicted octanol–water partition coefficient (Wildman–Crippen LogP) is 6.44. The van der Waals surface area contributed by atoms with Gasteiger partial charge in [-0.05, 0) is 31.2 Å². The lowest BCUT2D eigenvalue weighted by Gasteiger charge is -2.16. The summed E-state index contributed by atoms with van der Waals surface area (Å²) >= 11 is 13.7. The summed E-state index contributed by atoms with van der Waals surface area (Å²) in [5.74, 6) is 0.288. The highest BCUT2D eigenvalue weighted by Crippen LogP contribution is 2.25. The van der Waals surface area contributed by atoms with Crippen molar-refractivity contribution < 1.29 is 9.18 Å². The summed E-state index contributed by atoms with van der Waals surface area (Å²) in [4.78, 5) is 15.9. The summed E-state index contributed by atoms with van der Waals surface area (Å²) in [6, 6.07) is 7.46. The van der Waals surface area contributed by atoms with Gasteiger partial charge in [0.1, 0.15) is 6.17 Å². The molecule has 0 aliphatic rings. The molecule has 9 heteroatoms. The van der Waals surface area contributed by atoms with Gasteiger partial charge < -0.3 is 11.1 Å². The van der Waals surface area contributed by atoms with Crippen molar-refractivity contribution in [1.29, 1.82) is 0 Å². The van der Waals surface area contributed by atoms with Crippen LogP contribution in [0.1, 0.15) is 13.8 Å². The monoisotopic (exact) mass is 491 g/mol. The minimum Gasteiger partial charge on any atom is -0.369 e. The minimum absolute atomic E-state index is 0.220. The van der Waals surface area contributed by atoms with Crippen LogP contribution in [0.4, 0.5) is 10.1 Å². The molecule has 30 heavy (non-hydrogen) atoms. The van der Waals surface area contributed by atoms with E-state index in [0.29, 0.717) is 16.1 Å². The number of thioether (sulfide) groups is 2. The van der Waals surface area contributed by atoms with Gasteiger partial charge in [-0.15, -0.1) is 29.9 Å². The number of nitrogens with zero attached hydrogens (tertiary/aromatic N) is 1. The van der Waals surface area contributed by atoms with Gasteiger partial charge in [0.2, 0.25) is 5.91 Å². The van der Waals surface area contributed by atoms with Crippen molar-refractivity contribution in [2.75, 3.05) is 22.7 Å². The second kappa shape index (κ2) is 17.3. The zero-order valence-corrected chi connectivity index (χ0v) is 20.3. The zero-order chi connectivity index (χ0) is 22.9. The molecule has 0 spiro atoms. The molecule has 0 aliphatic carbocycles. The number of anilines is 1. The minimum atomic E-state index is -1.09. The first kappa shape index (κ1) is 28.6. The number of amidine groups is 1. The highest BCUT2D eigenvalue weighted by Gasteiger charge is 2.20. The average Bonchev–Trinajstić information content (AvgIpc) is 2.75. The standard InChI is InChI=1S/C18H23ClFN3OS2.C3H5Cl/c1-4-15(19)12(3)16(20)10-26-18(22-5-2)23-13-6-8-14(9-7-13)25-11-17(21)24;1-2-3-4/h4-9,12,16H,2,10-11H2,1,3H3,(H2,21,24)(H,22,23);2H,1,3H2/b15-4+;. The molecule has 2 unspecified atom stereocenters. The molecule has 4 nitrogen and oxygen atoms in total. The van der Waals surface area contributed by atoms with E-state index in [1.165, 1.54) is 29.7 Å². The fourth-order valence-electron chi connectivity index (χ4n) is 1.84. The van der Waals surface area contributed by atoms with E-state index in [4.69, 9.17) is 28.9 Å². The van der Waals surface area contributed by atoms with E-state index in [0.717, 1.165) is 10.6 Å². The first-order valence-corrected chi connectivity index (χ1v) is 11.9. The number of alkyl halides is 2. The van der Waals surface area contributed by atoms with E-state index in [-0.39, 0.29) is 23.3 Å². The van der Waals surface area contributed by atoms with Crippen LogP contribution in [0.3, 0.4) is 0 Å². The summed E-state index contributed by atoms with van der Waals surface area (Å²) in [7, 11) is 0. The molecule has 0 saturated carbocycles. The number of hydrogen-bond donors (Lipinski definition) is 2. The molecule has 0 aromatic heterocycles. The van der Waals surface area contributed by atoms with Crippen LogP contribution in [0.25, 0.3) is 0 Å². The van der Waals surface area contributed by atoms with E-state index in [2.05, 4.69) is 23.5 Å². The largest absolute Gasteiger partial charge is 0.369 e. The first-order chi connectivity index (χ1) is 14.3. The van der Waals surface area contributed by atoms with E-state index >= 15 is 0 Å². The van der Waals surface area contributed by atoms with E-state index in [1.54, 1.807) is 26.0 Å². The van der Waals surface area contributed by atoms with Crippen molar-refractivity contribution in [1.82, 2.24) is 0 Å². The number of nitrogens with one attached hydrogen (secondary N) is 1. The smallest absolute Gasteiger partial charge is 0.227 e. The zero-order valence-electron chi connectivity index (χ0n) is 17.1. The van der Waals surface area contributed by atoms with Gasteiger partial charge in [0.15, 0.2) is 5.17 Å². The number of primary amides is 1. The Labute approximate surface area is 197 Å². The lowest BCUT2D eigenvalue weighted by molar-refractivity contribution is -0.115. The number of amides is 1. The van der Waals surface area contributed by atoms with Crippen LogP contribution in [0.2, 0.25) is 0 Å². The molecular weight excluding hydrogens is 464 g/mol. The summed E-state index contributed by atoms with van der Waals surface area (Å²) in [5.41, 5.74) is 5.94. The molecule has 1 aromatic carbocycles. The quantitative estimate of drug-likeness (QED) is 0.130. The Morgan fingerprint density at radius 1 is 1.37 bits per heavy atom. The van der Waals surface area contributed by atoms with Gasteiger partial charge in [0.05, 0.1) is 5.75 Å². The van der Waals surface area contributed by atoms with Crippen molar-refractivity contribution in [2.24, 2.45) is 16.6 Å². The molecule has 0 saturated heterocycles. The van der Waals surface area contributed by atoms with Crippen molar-refractivity contribution in [3.8, 4) is 0 Å². The molecule has 1 rings (SSSR count). The van der Waals surface area contributed by atoms with Crippen LogP contribution >= 0.6 is 46.7 Å². The van der Waals surface area contributed by atoms with Crippen molar-refractivity contribution in [3.05, 3.63) is 60.8 Å². The summed E-state index contributed by atoms with van der Waals surface area (Å²) in [5, 5.41) is 4.19. The van der Waals surface area contributed by atoms with Crippen molar-refractivity contribution >= 4 is 63.5 Å². The lowest BCUT2D eigenvalue weighted by atomic mass is 10.1. The third-order valence-electron chi connectivity index (χ3n) is 3.44. The Morgan fingerprint density at radius 3 is 2.43 bits per heavy atom. The molecule has 0 fully saturated rings. The molecule has 2 atom stereocenters. The molecule has 0 radical (unpaired) electrons. The number of carbonyl (C=O) groups is 1. The number of allylic oxidation sites excluding steroid dienone is 3. The van der Waals surface area contributed by atoms with Crippen LogP contribution in [-0.2, 0) is 4.79 Å². The maximum Gasteiger partial charge on any atom is 0.227 e. The number of nitrogens with two attached hydrogens (primary N) is 1. The Bertz CT molecular complexity index is 727. The normalized spacial score (nSPS) is 13.5. The number of halogens is 3. The van der Waals surface area contributed by atoms with Gasteiger partial charge in [-0.25, -0.2) is 9.38 Å². The SMILES string of the molecule is C=CCCl.C=CN=C(Nc1ccc(SCC(N)=O)cc1)SCC(F)C(C)/C(Cl)=C\C. The maximum atomic E-state index is 14.3. The summed E-state index contributed by atoms with van der Waals surface area (Å²) < 4.78 is 14.3. The van der Waals surface area contributed by atoms with Crippen LogP contribution in [0.5, 0.6) is 0 Å². The molecule has 0 bridgehead atoms. The molecule has 1 aromatic rings. The van der Waals surface area contributed by atoms with Gasteiger partial charge in [0, 0.05) is 39.4 Å². The summed E-state index contributed by atoms with van der Waals surface area (Å²) in [6.45, 7) is 10.5. The van der Waals surface area contributed by atoms with E-state index in [9.17, 15) is 9.18 Å². The van der Waals surface area contributed by atoms with Crippen LogP contribution in [-0.4, -0.2) is 34.6 Å². The van der Waals surface area contributed by atoms with Gasteiger partial charge in [-0.2, -0.15) is 0 Å². The Balaban J connectivity index is 0.00000192. The fourth-order valence-corrected chi connectivity index (χ4v) is 3.56.